The lowest BCUT2D eigenvalue weighted by Gasteiger charge is -2.31. The van der Waals surface area contributed by atoms with Crippen molar-refractivity contribution >= 4 is 45.1 Å². The van der Waals surface area contributed by atoms with Gasteiger partial charge in [0.25, 0.3) is 5.91 Å². The minimum Gasteiger partial charge on any atom is -0.409 e. The number of hydrogen-bond acceptors (Lipinski definition) is 5. The zero-order valence-corrected chi connectivity index (χ0v) is 21.8. The maximum absolute atomic E-state index is 13.9. The van der Waals surface area contributed by atoms with Crippen LogP contribution in [0, 0.1) is 0 Å². The molecule has 1 aromatic heterocycles. The van der Waals surface area contributed by atoms with Crippen molar-refractivity contribution in [2.45, 2.75) is 12.8 Å². The summed E-state index contributed by atoms with van der Waals surface area (Å²) >= 11 is 0. The maximum Gasteiger partial charge on any atom is 0.415 e. The molecule has 7 rings (SSSR count). The van der Waals surface area contributed by atoms with E-state index in [4.69, 9.17) is 4.74 Å². The Hall–Kier alpha value is -4.04. The fourth-order valence-electron chi connectivity index (χ4n) is 6.21. The largest absolute Gasteiger partial charge is 0.415 e. The van der Waals surface area contributed by atoms with Gasteiger partial charge in [0, 0.05) is 74.4 Å². The number of likely N-dealkylation sites (N-methyl/N-ethyl adjacent to an activating group) is 2. The molecule has 2 amide bonds. The van der Waals surface area contributed by atoms with Gasteiger partial charge in [-0.1, -0.05) is 24.3 Å². The highest BCUT2D eigenvalue weighted by atomic mass is 16.6. The van der Waals surface area contributed by atoms with Gasteiger partial charge in [0.2, 0.25) is 0 Å². The smallest absolute Gasteiger partial charge is 0.409 e. The average molecular weight is 510 g/mol. The summed E-state index contributed by atoms with van der Waals surface area (Å²) in [5.74, 6) is 0.437. The first-order valence-electron chi connectivity index (χ1n) is 13.4. The Labute approximate surface area is 221 Å². The predicted octanol–water partition coefficient (Wildman–Crippen LogP) is 4.26. The molecule has 0 spiro atoms. The van der Waals surface area contributed by atoms with Crippen molar-refractivity contribution < 1.29 is 14.3 Å². The van der Waals surface area contributed by atoms with Gasteiger partial charge in [0.15, 0.2) is 0 Å². The Balaban J connectivity index is 1.24. The number of aromatic nitrogens is 1. The molecular formula is C30H31N5O3. The Morgan fingerprint density at radius 3 is 2.34 bits per heavy atom. The van der Waals surface area contributed by atoms with Crippen LogP contribution in [0.5, 0.6) is 5.75 Å². The van der Waals surface area contributed by atoms with Crippen LogP contribution < -0.4 is 14.5 Å². The molecule has 8 nitrogen and oxygen atoms in total. The summed E-state index contributed by atoms with van der Waals surface area (Å²) in [6.07, 6.45) is 1.40. The molecule has 0 aliphatic carbocycles. The van der Waals surface area contributed by atoms with Crippen LogP contribution in [0.1, 0.15) is 21.6 Å². The van der Waals surface area contributed by atoms with Crippen molar-refractivity contribution in [1.29, 1.82) is 0 Å². The van der Waals surface area contributed by atoms with E-state index in [0.717, 1.165) is 65.4 Å². The lowest BCUT2D eigenvalue weighted by molar-refractivity contribution is 0.0985. The molecule has 0 bridgehead atoms. The van der Waals surface area contributed by atoms with Gasteiger partial charge in [-0.2, -0.15) is 0 Å². The lowest BCUT2D eigenvalue weighted by Crippen LogP contribution is -2.48. The van der Waals surface area contributed by atoms with Crippen LogP contribution in [0.4, 0.5) is 16.2 Å². The van der Waals surface area contributed by atoms with Crippen LogP contribution in [-0.2, 0) is 12.8 Å². The second-order valence-corrected chi connectivity index (χ2v) is 10.7. The van der Waals surface area contributed by atoms with Crippen molar-refractivity contribution in [3.05, 3.63) is 65.4 Å². The van der Waals surface area contributed by atoms with Crippen LogP contribution in [0.3, 0.4) is 0 Å². The summed E-state index contributed by atoms with van der Waals surface area (Å²) in [6, 6.07) is 16.1. The van der Waals surface area contributed by atoms with E-state index >= 15 is 0 Å². The van der Waals surface area contributed by atoms with Gasteiger partial charge in [-0.15, -0.1) is 0 Å². The van der Waals surface area contributed by atoms with E-state index in [2.05, 4.69) is 47.1 Å². The molecule has 1 saturated heterocycles. The van der Waals surface area contributed by atoms with Crippen molar-refractivity contribution in [1.82, 2.24) is 14.8 Å². The zero-order chi connectivity index (χ0) is 26.0. The van der Waals surface area contributed by atoms with Crippen molar-refractivity contribution in [2.75, 3.05) is 63.2 Å². The van der Waals surface area contributed by atoms with Gasteiger partial charge >= 0.3 is 6.09 Å². The first-order valence-corrected chi connectivity index (χ1v) is 13.4. The monoisotopic (exact) mass is 509 g/mol. The third-order valence-corrected chi connectivity index (χ3v) is 8.40. The van der Waals surface area contributed by atoms with Crippen LogP contribution in [-0.4, -0.2) is 80.1 Å². The summed E-state index contributed by atoms with van der Waals surface area (Å²) in [5, 5.41) is 3.04. The van der Waals surface area contributed by atoms with Gasteiger partial charge in [0.05, 0.1) is 5.69 Å². The highest BCUT2D eigenvalue weighted by Gasteiger charge is 2.31. The molecule has 3 aliphatic rings. The number of fused-ring (bicyclic) bond motifs is 6. The molecule has 8 heteroatoms. The quantitative estimate of drug-likeness (QED) is 0.437. The normalized spacial score (nSPS) is 17.4. The lowest BCUT2D eigenvalue weighted by atomic mass is 10.0. The molecule has 1 N–H and O–H groups in total. The first kappa shape index (κ1) is 23.1. The van der Waals surface area contributed by atoms with Gasteiger partial charge in [-0.25, -0.2) is 4.79 Å². The number of rotatable bonds is 2. The molecule has 0 atom stereocenters. The molecule has 0 saturated carbocycles. The molecule has 4 aromatic rings. The zero-order valence-electron chi connectivity index (χ0n) is 21.8. The highest BCUT2D eigenvalue weighted by Crippen LogP contribution is 2.41. The molecule has 194 valence electrons. The number of nitrogens with one attached hydrogen (secondary N) is 1. The number of amides is 2. The average Bonchev–Trinajstić information content (AvgIpc) is 3.65. The number of ether oxygens (including phenoxy) is 1. The molecule has 0 unspecified atom stereocenters. The molecular weight excluding hydrogens is 478 g/mol. The van der Waals surface area contributed by atoms with E-state index in [1.807, 2.05) is 35.2 Å². The topological polar surface area (TPSA) is 72.1 Å². The van der Waals surface area contributed by atoms with Crippen molar-refractivity contribution in [3.63, 3.8) is 0 Å². The Kier molecular flexibility index (Phi) is 5.33. The Morgan fingerprint density at radius 1 is 0.789 bits per heavy atom. The van der Waals surface area contributed by atoms with E-state index in [1.165, 1.54) is 11.3 Å². The van der Waals surface area contributed by atoms with Crippen LogP contribution >= 0.6 is 0 Å². The van der Waals surface area contributed by atoms with Crippen molar-refractivity contribution in [3.8, 4) is 5.75 Å². The third kappa shape index (κ3) is 3.62. The maximum atomic E-state index is 13.9. The number of nitrogens with zero attached hydrogens (tertiary/aromatic N) is 4. The number of aromatic amines is 1. The minimum atomic E-state index is -0.339. The number of benzene rings is 3. The van der Waals surface area contributed by atoms with E-state index in [9.17, 15) is 9.59 Å². The number of anilines is 2. The fourth-order valence-corrected chi connectivity index (χ4v) is 6.21. The number of hydrogen-bond donors (Lipinski definition) is 1. The molecule has 1 fully saturated rings. The summed E-state index contributed by atoms with van der Waals surface area (Å²) < 4.78 is 5.99. The molecule has 3 aromatic carbocycles. The van der Waals surface area contributed by atoms with E-state index in [0.29, 0.717) is 31.1 Å². The molecule has 38 heavy (non-hydrogen) atoms. The van der Waals surface area contributed by atoms with Crippen LogP contribution in [0.2, 0.25) is 0 Å². The number of H-pyrrole nitrogens is 1. The highest BCUT2D eigenvalue weighted by molar-refractivity contribution is 6.11. The standard InChI is InChI=1S/C30H31N5O3/c1-32-13-15-34(16-14-32)30(37)38-28-18-27-20(19-5-3-4-6-22(19)28)10-12-35(27)29(36)25-17-23-21-9-11-33(2)26(21)8-7-24(23)31-25/h3-8,17-18,31H,9-16H2,1-2H3. The van der Waals surface area contributed by atoms with Crippen LogP contribution in [0.15, 0.2) is 48.5 Å². The molecule has 4 heterocycles. The fraction of sp³-hybridized carbons (Fsp3) is 0.333. The second-order valence-electron chi connectivity index (χ2n) is 10.7. The predicted molar refractivity (Wildman–Crippen MR) is 150 cm³/mol. The van der Waals surface area contributed by atoms with E-state index < -0.39 is 0 Å². The molecule has 3 aliphatic heterocycles. The summed E-state index contributed by atoms with van der Waals surface area (Å²) in [5.41, 5.74) is 6.04. The molecule has 0 radical (unpaired) electrons. The summed E-state index contributed by atoms with van der Waals surface area (Å²) in [7, 11) is 4.16. The van der Waals surface area contributed by atoms with Gasteiger partial charge in [0.1, 0.15) is 11.4 Å². The number of piperazine rings is 1. The second kappa shape index (κ2) is 8.77. The minimum absolute atomic E-state index is 0.0633. The third-order valence-electron chi connectivity index (χ3n) is 8.40. The first-order chi connectivity index (χ1) is 18.5. The van der Waals surface area contributed by atoms with Crippen molar-refractivity contribution in [2.24, 2.45) is 0 Å². The van der Waals surface area contributed by atoms with Crippen LogP contribution in [0.25, 0.3) is 21.7 Å². The van der Waals surface area contributed by atoms with Gasteiger partial charge in [-0.3, -0.25) is 4.79 Å². The van der Waals surface area contributed by atoms with Gasteiger partial charge < -0.3 is 29.3 Å². The number of carbonyl (C=O) groups is 2. The van der Waals surface area contributed by atoms with E-state index in [-0.39, 0.29) is 12.0 Å². The Bertz CT molecular complexity index is 1600. The Morgan fingerprint density at radius 2 is 1.53 bits per heavy atom. The summed E-state index contributed by atoms with van der Waals surface area (Å²) in [6.45, 7) is 4.51. The van der Waals surface area contributed by atoms with Gasteiger partial charge in [-0.05, 0) is 54.6 Å². The SMILES string of the molecule is CN1CCN(C(=O)Oc2cc3c(c4ccccc24)CCN3C(=O)c2cc3c4c(ccc3[nH]2)N(C)CC4)CC1. The number of carbonyl (C=O) groups excluding carboxylic acids is 2. The summed E-state index contributed by atoms with van der Waals surface area (Å²) in [4.78, 5) is 38.3. The van der Waals surface area contributed by atoms with E-state index in [1.54, 1.807) is 4.90 Å².